The van der Waals surface area contributed by atoms with Crippen LogP contribution in [-0.2, 0) is 19.1 Å². The number of amides is 2. The Morgan fingerprint density at radius 2 is 1.58 bits per heavy atom. The molecule has 2 aromatic rings. The number of ketones is 1. The molecule has 0 N–H and O–H groups in total. The molecule has 36 heavy (non-hydrogen) atoms. The van der Waals surface area contributed by atoms with Gasteiger partial charge >= 0.3 is 5.97 Å². The van der Waals surface area contributed by atoms with E-state index in [4.69, 9.17) is 4.74 Å². The lowest BCUT2D eigenvalue weighted by Gasteiger charge is -2.39. The Morgan fingerprint density at radius 3 is 2.25 bits per heavy atom. The summed E-state index contributed by atoms with van der Waals surface area (Å²) in [6, 6.07) is 11.2. The van der Waals surface area contributed by atoms with E-state index in [-0.39, 0.29) is 17.0 Å². The maximum absolute atomic E-state index is 14.0. The minimum Gasteiger partial charge on any atom is -0.465 e. The smallest absolute Gasteiger partial charge is 0.339 e. The molecule has 0 radical (unpaired) electrons. The van der Waals surface area contributed by atoms with Crippen LogP contribution in [0, 0.1) is 24.2 Å². The first kappa shape index (κ1) is 24.0. The normalized spacial score (nSPS) is 24.8. The molecule has 0 aromatic heterocycles. The summed E-state index contributed by atoms with van der Waals surface area (Å²) in [4.78, 5) is 57.5. The Hall–Kier alpha value is -3.74. The molecule has 2 amide bonds. The third kappa shape index (κ3) is 3.33. The van der Waals surface area contributed by atoms with Crippen molar-refractivity contribution in [1.29, 1.82) is 0 Å². The zero-order valence-corrected chi connectivity index (χ0v) is 21.4. The van der Waals surface area contributed by atoms with E-state index in [2.05, 4.69) is 6.07 Å². The van der Waals surface area contributed by atoms with Crippen molar-refractivity contribution < 1.29 is 23.9 Å². The van der Waals surface area contributed by atoms with Gasteiger partial charge in [0.15, 0.2) is 5.78 Å². The van der Waals surface area contributed by atoms with Crippen molar-refractivity contribution >= 4 is 40.5 Å². The molecule has 4 atom stereocenters. The number of para-hydroxylation sites is 1. The highest BCUT2D eigenvalue weighted by Gasteiger charge is 2.65. The number of benzene rings is 2. The van der Waals surface area contributed by atoms with Crippen LogP contribution in [-0.4, -0.2) is 42.8 Å². The molecule has 7 nitrogen and oxygen atoms in total. The molecule has 5 rings (SSSR count). The molecular formula is C29H30N2O5. The number of ether oxygens (including phenoxy) is 1. The fourth-order valence-electron chi connectivity index (χ4n) is 5.89. The largest absolute Gasteiger partial charge is 0.465 e. The van der Waals surface area contributed by atoms with E-state index < -0.39 is 47.1 Å². The first-order valence-corrected chi connectivity index (χ1v) is 12.1. The van der Waals surface area contributed by atoms with Crippen LogP contribution in [0.4, 0.5) is 11.4 Å². The number of Topliss-reactive ketones (excluding diaryl/α,β-unsaturated/α-hetero) is 1. The second kappa shape index (κ2) is 8.15. The number of hydrogen-bond donors (Lipinski definition) is 0. The van der Waals surface area contributed by atoms with Crippen LogP contribution in [0.2, 0.25) is 0 Å². The summed E-state index contributed by atoms with van der Waals surface area (Å²) in [5, 5.41) is 0. The zero-order valence-electron chi connectivity index (χ0n) is 21.4. The molecular weight excluding hydrogens is 456 g/mol. The number of fused-ring (bicyclic) bond motifs is 5. The number of methoxy groups -OCH3 is 1. The third-order valence-electron chi connectivity index (χ3n) is 7.56. The number of hydrogen-bond acceptors (Lipinski definition) is 6. The molecule has 0 bridgehead atoms. The summed E-state index contributed by atoms with van der Waals surface area (Å²) in [6.45, 7) is 9.52. The molecule has 2 aromatic carbocycles. The van der Waals surface area contributed by atoms with Crippen molar-refractivity contribution in [1.82, 2.24) is 0 Å². The summed E-state index contributed by atoms with van der Waals surface area (Å²) in [5.74, 6) is -3.20. The summed E-state index contributed by atoms with van der Waals surface area (Å²) in [5.41, 5.74) is 3.56. The number of anilines is 2. The minimum atomic E-state index is -0.865. The predicted octanol–water partition coefficient (Wildman–Crippen LogP) is 4.18. The highest BCUT2D eigenvalue weighted by atomic mass is 16.5. The number of carbonyl (C=O) groups excluding carboxylic acids is 4. The Labute approximate surface area is 210 Å². The Morgan fingerprint density at radius 1 is 0.917 bits per heavy atom. The van der Waals surface area contributed by atoms with Gasteiger partial charge in [0, 0.05) is 16.7 Å². The van der Waals surface area contributed by atoms with Gasteiger partial charge in [-0.1, -0.05) is 50.6 Å². The lowest BCUT2D eigenvalue weighted by molar-refractivity contribution is -0.132. The second-order valence-corrected chi connectivity index (χ2v) is 10.9. The monoisotopic (exact) mass is 486 g/mol. The van der Waals surface area contributed by atoms with Crippen LogP contribution >= 0.6 is 0 Å². The van der Waals surface area contributed by atoms with Crippen LogP contribution in [0.1, 0.15) is 49.2 Å². The van der Waals surface area contributed by atoms with Crippen LogP contribution in [0.3, 0.4) is 0 Å². The summed E-state index contributed by atoms with van der Waals surface area (Å²) in [7, 11) is 1.26. The third-order valence-corrected chi connectivity index (χ3v) is 7.56. The second-order valence-electron chi connectivity index (χ2n) is 10.9. The molecule has 3 heterocycles. The topological polar surface area (TPSA) is 84.0 Å². The fraction of sp³-hybridized carbons (Fsp3) is 0.379. The first-order valence-electron chi connectivity index (χ1n) is 12.1. The van der Waals surface area contributed by atoms with E-state index in [1.54, 1.807) is 18.2 Å². The molecule has 3 aliphatic heterocycles. The summed E-state index contributed by atoms with van der Waals surface area (Å²) >= 11 is 0. The Balaban J connectivity index is 1.69. The molecule has 3 aliphatic rings. The number of imide groups is 1. The molecule has 7 heteroatoms. The Kier molecular flexibility index (Phi) is 5.43. The Bertz CT molecular complexity index is 1350. The van der Waals surface area contributed by atoms with Crippen LogP contribution in [0.5, 0.6) is 0 Å². The van der Waals surface area contributed by atoms with E-state index in [0.717, 1.165) is 27.3 Å². The summed E-state index contributed by atoms with van der Waals surface area (Å²) < 4.78 is 4.89. The lowest BCUT2D eigenvalue weighted by Crippen LogP contribution is -2.51. The predicted molar refractivity (Wildman–Crippen MR) is 137 cm³/mol. The van der Waals surface area contributed by atoms with Gasteiger partial charge in [-0.05, 0) is 43.7 Å². The van der Waals surface area contributed by atoms with Gasteiger partial charge in [-0.25, -0.2) is 9.69 Å². The standard InChI is InChI=1S/C29H30N2O5/c1-15-11-12-20-18(13-15)16(2)14-21-22-23(24(30(20)21)25(32)29(3,4)5)27(34)31(26(22)33)19-10-8-7-9-17(19)28(35)36-6/h7-14,21-24H,1-6H3/t21-,22-,23+,24+/m1/s1. The molecule has 0 aliphatic carbocycles. The SMILES string of the molecule is COC(=O)c1ccccc1N1C(=O)[C@H]2[C@H](C1=O)[C@@H](C(=O)C(C)(C)C)N1c3ccc(C)cc3C(C)=C[C@H]21. The van der Waals surface area contributed by atoms with Gasteiger partial charge in [0.2, 0.25) is 11.8 Å². The maximum atomic E-state index is 14.0. The number of rotatable bonds is 3. The number of esters is 1. The van der Waals surface area contributed by atoms with Crippen molar-refractivity contribution in [2.45, 2.75) is 46.7 Å². The van der Waals surface area contributed by atoms with Crippen molar-refractivity contribution in [3.05, 3.63) is 65.2 Å². The van der Waals surface area contributed by atoms with E-state index in [1.165, 1.54) is 13.2 Å². The highest BCUT2D eigenvalue weighted by Crippen LogP contribution is 2.52. The van der Waals surface area contributed by atoms with Crippen molar-refractivity contribution in [3.8, 4) is 0 Å². The van der Waals surface area contributed by atoms with Gasteiger partial charge in [0.25, 0.3) is 0 Å². The zero-order chi connectivity index (χ0) is 26.1. The van der Waals surface area contributed by atoms with Crippen molar-refractivity contribution in [3.63, 3.8) is 0 Å². The molecule has 2 saturated heterocycles. The number of carbonyl (C=O) groups is 4. The molecule has 186 valence electrons. The van der Waals surface area contributed by atoms with E-state index in [0.29, 0.717) is 0 Å². The van der Waals surface area contributed by atoms with Gasteiger partial charge < -0.3 is 9.64 Å². The molecule has 0 saturated carbocycles. The highest BCUT2D eigenvalue weighted by molar-refractivity contribution is 6.26. The van der Waals surface area contributed by atoms with Gasteiger partial charge in [0.1, 0.15) is 6.04 Å². The van der Waals surface area contributed by atoms with E-state index in [1.807, 2.05) is 57.7 Å². The lowest BCUT2D eigenvalue weighted by atomic mass is 9.79. The van der Waals surface area contributed by atoms with Crippen molar-refractivity contribution in [2.24, 2.45) is 17.3 Å². The van der Waals surface area contributed by atoms with Crippen LogP contribution in [0.15, 0.2) is 48.5 Å². The quantitative estimate of drug-likeness (QED) is 0.478. The van der Waals surface area contributed by atoms with Gasteiger partial charge in [-0.2, -0.15) is 0 Å². The van der Waals surface area contributed by atoms with Gasteiger partial charge in [0.05, 0.1) is 36.2 Å². The van der Waals surface area contributed by atoms with Crippen LogP contribution < -0.4 is 9.80 Å². The number of aryl methyl sites for hydroxylation is 1. The average molecular weight is 487 g/mol. The minimum absolute atomic E-state index is 0.0938. The van der Waals surface area contributed by atoms with E-state index in [9.17, 15) is 19.2 Å². The fourth-order valence-corrected chi connectivity index (χ4v) is 5.89. The van der Waals surface area contributed by atoms with Crippen molar-refractivity contribution in [2.75, 3.05) is 16.9 Å². The molecule has 2 fully saturated rings. The maximum Gasteiger partial charge on any atom is 0.339 e. The van der Waals surface area contributed by atoms with Gasteiger partial charge in [-0.3, -0.25) is 14.4 Å². The number of nitrogens with zero attached hydrogens (tertiary/aromatic N) is 2. The number of allylic oxidation sites excluding steroid dienone is 1. The first-order chi connectivity index (χ1) is 17.0. The van der Waals surface area contributed by atoms with E-state index >= 15 is 0 Å². The van der Waals surface area contributed by atoms with Crippen LogP contribution in [0.25, 0.3) is 5.57 Å². The summed E-state index contributed by atoms with van der Waals surface area (Å²) in [6.07, 6.45) is 2.01. The average Bonchev–Trinajstić information content (AvgIpc) is 3.30. The van der Waals surface area contributed by atoms with Gasteiger partial charge in [-0.15, -0.1) is 0 Å². The molecule has 0 unspecified atom stereocenters. The molecule has 0 spiro atoms.